The summed E-state index contributed by atoms with van der Waals surface area (Å²) in [6, 6.07) is 6.13. The van der Waals surface area contributed by atoms with Crippen molar-refractivity contribution in [1.29, 1.82) is 0 Å². The first kappa shape index (κ1) is 14.3. The number of carbonyl (C=O) groups excluding carboxylic acids is 1. The van der Waals surface area contributed by atoms with Crippen molar-refractivity contribution in [3.8, 4) is 0 Å². The second-order valence-electron chi connectivity index (χ2n) is 6.07. The maximum absolute atomic E-state index is 12.2. The first-order valence-corrected chi connectivity index (χ1v) is 7.38. The van der Waals surface area contributed by atoms with Gasteiger partial charge in [-0.05, 0) is 57.8 Å². The van der Waals surface area contributed by atoms with Crippen LogP contribution >= 0.6 is 0 Å². The minimum Gasteiger partial charge on any atom is -0.303 e. The van der Waals surface area contributed by atoms with Gasteiger partial charge >= 0.3 is 0 Å². The predicted octanol–water partition coefficient (Wildman–Crippen LogP) is 3.61. The Morgan fingerprint density at radius 2 is 1.74 bits per heavy atom. The number of hydrogen-bond donors (Lipinski definition) is 0. The summed E-state index contributed by atoms with van der Waals surface area (Å²) in [5.74, 6) is 1.14. The molecule has 104 valence electrons. The summed E-state index contributed by atoms with van der Waals surface area (Å²) in [7, 11) is 0. The molecule has 2 nitrogen and oxygen atoms in total. The smallest absolute Gasteiger partial charge is 0.164 e. The van der Waals surface area contributed by atoms with Gasteiger partial charge in [-0.3, -0.25) is 4.79 Å². The molecule has 2 rings (SSSR count). The number of hydrogen-bond acceptors (Lipinski definition) is 2. The first-order chi connectivity index (χ1) is 9.04. The van der Waals surface area contributed by atoms with Crippen LogP contribution < -0.4 is 0 Å². The van der Waals surface area contributed by atoms with Crippen LogP contribution in [0.1, 0.15) is 47.7 Å². The van der Waals surface area contributed by atoms with Crippen molar-refractivity contribution < 1.29 is 4.79 Å². The van der Waals surface area contributed by atoms with Gasteiger partial charge in [0.1, 0.15) is 0 Å². The van der Waals surface area contributed by atoms with Gasteiger partial charge in [-0.15, -0.1) is 0 Å². The molecular formula is C17H25NO. The molecule has 0 aliphatic carbocycles. The fourth-order valence-corrected chi connectivity index (χ4v) is 2.83. The van der Waals surface area contributed by atoms with Crippen LogP contribution in [0.15, 0.2) is 18.2 Å². The number of likely N-dealkylation sites (tertiary alicyclic amines) is 1. The maximum Gasteiger partial charge on any atom is 0.164 e. The van der Waals surface area contributed by atoms with Gasteiger partial charge in [-0.2, -0.15) is 0 Å². The molecule has 0 atom stereocenters. The van der Waals surface area contributed by atoms with Crippen molar-refractivity contribution in [2.24, 2.45) is 5.92 Å². The molecule has 1 fully saturated rings. The molecule has 19 heavy (non-hydrogen) atoms. The molecule has 1 aliphatic heterocycles. The van der Waals surface area contributed by atoms with Crippen LogP contribution in [-0.2, 0) is 0 Å². The molecule has 0 saturated carbocycles. The highest BCUT2D eigenvalue weighted by atomic mass is 16.1. The Kier molecular flexibility index (Phi) is 4.76. The molecule has 0 amide bonds. The van der Waals surface area contributed by atoms with Crippen molar-refractivity contribution >= 4 is 5.78 Å². The summed E-state index contributed by atoms with van der Waals surface area (Å²) < 4.78 is 0. The first-order valence-electron chi connectivity index (χ1n) is 7.38. The molecular weight excluding hydrogens is 234 g/mol. The van der Waals surface area contributed by atoms with E-state index in [4.69, 9.17) is 0 Å². The zero-order valence-corrected chi connectivity index (χ0v) is 12.4. The Morgan fingerprint density at radius 3 is 2.32 bits per heavy atom. The van der Waals surface area contributed by atoms with Gasteiger partial charge < -0.3 is 4.90 Å². The second kappa shape index (κ2) is 6.33. The van der Waals surface area contributed by atoms with E-state index in [1.54, 1.807) is 0 Å². The van der Waals surface area contributed by atoms with Crippen molar-refractivity contribution in [2.45, 2.75) is 40.0 Å². The number of carbonyl (C=O) groups is 1. The highest BCUT2D eigenvalue weighted by molar-refractivity contribution is 5.96. The molecule has 1 aromatic rings. The standard InChI is InChI=1S/C17H25NO/c1-13-4-7-18(8-5-13)9-6-17(19)16-11-14(2)10-15(3)12-16/h10-13H,4-9H2,1-3H3. The SMILES string of the molecule is Cc1cc(C)cc(C(=O)CCN2CCC(C)CC2)c1. The third-order valence-corrected chi connectivity index (χ3v) is 4.08. The number of nitrogens with zero attached hydrogens (tertiary/aromatic N) is 1. The van der Waals surface area contributed by atoms with Gasteiger partial charge in [0, 0.05) is 18.5 Å². The fourth-order valence-electron chi connectivity index (χ4n) is 2.83. The van der Waals surface area contributed by atoms with E-state index in [-0.39, 0.29) is 5.78 Å². The highest BCUT2D eigenvalue weighted by Gasteiger charge is 2.16. The number of Topliss-reactive ketones (excluding diaryl/α,β-unsaturated/α-hetero) is 1. The van der Waals surface area contributed by atoms with E-state index in [9.17, 15) is 4.79 Å². The van der Waals surface area contributed by atoms with E-state index < -0.39 is 0 Å². The minimum absolute atomic E-state index is 0.283. The van der Waals surface area contributed by atoms with Crippen LogP contribution in [-0.4, -0.2) is 30.3 Å². The van der Waals surface area contributed by atoms with Crippen LogP contribution in [0.2, 0.25) is 0 Å². The van der Waals surface area contributed by atoms with Gasteiger partial charge in [0.25, 0.3) is 0 Å². The van der Waals surface area contributed by atoms with Crippen LogP contribution in [0.3, 0.4) is 0 Å². The Balaban J connectivity index is 1.87. The predicted molar refractivity (Wildman–Crippen MR) is 79.7 cm³/mol. The summed E-state index contributed by atoms with van der Waals surface area (Å²) >= 11 is 0. The molecule has 1 aliphatic rings. The van der Waals surface area contributed by atoms with Gasteiger partial charge in [0.15, 0.2) is 5.78 Å². The Morgan fingerprint density at radius 1 is 1.16 bits per heavy atom. The largest absolute Gasteiger partial charge is 0.303 e. The third-order valence-electron chi connectivity index (χ3n) is 4.08. The lowest BCUT2D eigenvalue weighted by Gasteiger charge is -2.29. The lowest BCUT2D eigenvalue weighted by Crippen LogP contribution is -2.34. The quantitative estimate of drug-likeness (QED) is 0.770. The van der Waals surface area contributed by atoms with E-state index >= 15 is 0 Å². The zero-order valence-electron chi connectivity index (χ0n) is 12.4. The summed E-state index contributed by atoms with van der Waals surface area (Å²) in [6.07, 6.45) is 3.20. The van der Waals surface area contributed by atoms with E-state index in [1.165, 1.54) is 24.0 Å². The van der Waals surface area contributed by atoms with Gasteiger partial charge in [-0.1, -0.05) is 24.1 Å². The number of piperidine rings is 1. The van der Waals surface area contributed by atoms with Crippen LogP contribution in [0, 0.1) is 19.8 Å². The van der Waals surface area contributed by atoms with Crippen LogP contribution in [0.4, 0.5) is 0 Å². The van der Waals surface area contributed by atoms with Crippen molar-refractivity contribution in [3.63, 3.8) is 0 Å². The average molecular weight is 259 g/mol. The molecule has 0 bridgehead atoms. The number of aryl methyl sites for hydroxylation is 2. The monoisotopic (exact) mass is 259 g/mol. The normalized spacial score (nSPS) is 17.6. The Bertz CT molecular complexity index is 424. The van der Waals surface area contributed by atoms with E-state index in [0.717, 1.165) is 31.1 Å². The lowest BCUT2D eigenvalue weighted by atomic mass is 9.98. The van der Waals surface area contributed by atoms with E-state index in [0.29, 0.717) is 6.42 Å². The second-order valence-corrected chi connectivity index (χ2v) is 6.07. The molecule has 0 unspecified atom stereocenters. The number of ketones is 1. The average Bonchev–Trinajstić information content (AvgIpc) is 2.36. The zero-order chi connectivity index (χ0) is 13.8. The van der Waals surface area contributed by atoms with E-state index in [1.807, 2.05) is 12.1 Å². The van der Waals surface area contributed by atoms with Gasteiger partial charge in [0.05, 0.1) is 0 Å². The van der Waals surface area contributed by atoms with Crippen LogP contribution in [0.25, 0.3) is 0 Å². The maximum atomic E-state index is 12.2. The summed E-state index contributed by atoms with van der Waals surface area (Å²) in [4.78, 5) is 14.7. The minimum atomic E-state index is 0.283. The highest BCUT2D eigenvalue weighted by Crippen LogP contribution is 2.17. The summed E-state index contributed by atoms with van der Waals surface area (Å²) in [6.45, 7) is 9.64. The molecule has 1 saturated heterocycles. The van der Waals surface area contributed by atoms with Gasteiger partial charge in [-0.25, -0.2) is 0 Å². The number of rotatable bonds is 4. The molecule has 0 N–H and O–H groups in total. The summed E-state index contributed by atoms with van der Waals surface area (Å²) in [5.41, 5.74) is 3.23. The molecule has 0 spiro atoms. The third kappa shape index (κ3) is 4.17. The molecule has 2 heteroatoms. The molecule has 0 radical (unpaired) electrons. The van der Waals surface area contributed by atoms with Crippen molar-refractivity contribution in [3.05, 3.63) is 34.9 Å². The van der Waals surface area contributed by atoms with Crippen molar-refractivity contribution in [1.82, 2.24) is 4.90 Å². The Labute approximate surface area is 116 Å². The van der Waals surface area contributed by atoms with E-state index in [2.05, 4.69) is 31.7 Å². The van der Waals surface area contributed by atoms with Crippen LogP contribution in [0.5, 0.6) is 0 Å². The van der Waals surface area contributed by atoms with Gasteiger partial charge in [0.2, 0.25) is 0 Å². The summed E-state index contributed by atoms with van der Waals surface area (Å²) in [5, 5.41) is 0. The fraction of sp³-hybridized carbons (Fsp3) is 0.588. The molecule has 0 aromatic heterocycles. The Hall–Kier alpha value is -1.15. The van der Waals surface area contributed by atoms with Crippen molar-refractivity contribution in [2.75, 3.05) is 19.6 Å². The lowest BCUT2D eigenvalue weighted by molar-refractivity contribution is 0.0952. The number of benzene rings is 1. The molecule has 1 aromatic carbocycles. The molecule has 1 heterocycles. The topological polar surface area (TPSA) is 20.3 Å².